The first-order valence-corrected chi connectivity index (χ1v) is 7.39. The average Bonchev–Trinajstić information content (AvgIpc) is 2.36. The molecule has 1 aliphatic rings. The highest BCUT2D eigenvalue weighted by molar-refractivity contribution is 5.76. The number of carbonyl (C=O) groups excluding carboxylic acids is 2. The zero-order valence-corrected chi connectivity index (χ0v) is 13.0. The molecule has 20 heavy (non-hydrogen) atoms. The smallest absolute Gasteiger partial charge is 0.323 e. The minimum atomic E-state index is -0.575. The van der Waals surface area contributed by atoms with Gasteiger partial charge in [-0.05, 0) is 59.3 Å². The molecule has 1 unspecified atom stereocenters. The molecule has 0 spiro atoms. The molecule has 0 radical (unpaired) electrons. The van der Waals surface area contributed by atoms with E-state index in [1.54, 1.807) is 6.92 Å². The van der Waals surface area contributed by atoms with Crippen LogP contribution in [0.15, 0.2) is 0 Å². The minimum Gasteiger partial charge on any atom is -0.465 e. The number of rotatable bonds is 4. The van der Waals surface area contributed by atoms with Crippen molar-refractivity contribution >= 4 is 11.9 Å². The third-order valence-corrected chi connectivity index (χ3v) is 3.58. The van der Waals surface area contributed by atoms with Gasteiger partial charge in [-0.3, -0.25) is 9.59 Å². The summed E-state index contributed by atoms with van der Waals surface area (Å²) >= 11 is 0. The molecule has 5 heteroatoms. The molecule has 1 fully saturated rings. The Labute approximate surface area is 121 Å². The molecule has 0 aromatic rings. The van der Waals surface area contributed by atoms with Gasteiger partial charge in [0.05, 0.1) is 12.5 Å². The molecule has 0 aliphatic heterocycles. The van der Waals surface area contributed by atoms with E-state index in [1.165, 1.54) is 0 Å². The summed E-state index contributed by atoms with van der Waals surface area (Å²) < 4.78 is 10.3. The molecule has 1 rings (SSSR count). The van der Waals surface area contributed by atoms with Crippen LogP contribution in [-0.2, 0) is 19.1 Å². The van der Waals surface area contributed by atoms with Crippen LogP contribution in [0.3, 0.4) is 0 Å². The van der Waals surface area contributed by atoms with E-state index in [-0.39, 0.29) is 23.8 Å². The number of carbonyl (C=O) groups is 2. The Bertz CT molecular complexity index is 340. The van der Waals surface area contributed by atoms with Gasteiger partial charge < -0.3 is 15.2 Å². The van der Waals surface area contributed by atoms with Gasteiger partial charge in [0.25, 0.3) is 0 Å². The second-order valence-corrected chi connectivity index (χ2v) is 6.42. The van der Waals surface area contributed by atoms with E-state index >= 15 is 0 Å². The van der Waals surface area contributed by atoms with Crippen molar-refractivity contribution in [1.29, 1.82) is 0 Å². The summed E-state index contributed by atoms with van der Waals surface area (Å²) in [4.78, 5) is 23.6. The quantitative estimate of drug-likeness (QED) is 0.799. The molecule has 1 aliphatic carbocycles. The Balaban J connectivity index is 2.43. The van der Waals surface area contributed by atoms with Crippen LogP contribution in [0.4, 0.5) is 0 Å². The third kappa shape index (κ3) is 5.12. The number of nitrogens with two attached hydrogens (primary N) is 1. The van der Waals surface area contributed by atoms with E-state index in [9.17, 15) is 9.59 Å². The zero-order chi connectivity index (χ0) is 15.3. The van der Waals surface area contributed by atoms with Gasteiger partial charge >= 0.3 is 11.9 Å². The van der Waals surface area contributed by atoms with Gasteiger partial charge in [0.15, 0.2) is 0 Å². The van der Waals surface area contributed by atoms with Crippen LogP contribution in [0.1, 0.15) is 53.4 Å². The predicted molar refractivity (Wildman–Crippen MR) is 75.9 cm³/mol. The fraction of sp³-hybridized carbons (Fsp3) is 0.867. The van der Waals surface area contributed by atoms with E-state index in [2.05, 4.69) is 0 Å². The van der Waals surface area contributed by atoms with Gasteiger partial charge in [0.2, 0.25) is 0 Å². The normalized spacial score (nSPS) is 24.9. The second kappa shape index (κ2) is 7.07. The SMILES string of the molecule is CCOC(=O)C(N)C1CCC(C(=O)OC(C)(C)C)CC1. The van der Waals surface area contributed by atoms with Crippen molar-refractivity contribution in [3.05, 3.63) is 0 Å². The van der Waals surface area contributed by atoms with Crippen molar-refractivity contribution in [2.24, 2.45) is 17.6 Å². The van der Waals surface area contributed by atoms with Crippen LogP contribution < -0.4 is 5.73 Å². The molecule has 5 nitrogen and oxygen atoms in total. The fourth-order valence-corrected chi connectivity index (χ4v) is 2.53. The van der Waals surface area contributed by atoms with Gasteiger partial charge in [-0.2, -0.15) is 0 Å². The fourth-order valence-electron chi connectivity index (χ4n) is 2.53. The Hall–Kier alpha value is -1.10. The number of hydrogen-bond acceptors (Lipinski definition) is 5. The summed E-state index contributed by atoms with van der Waals surface area (Å²) in [6.07, 6.45) is 2.99. The molecule has 116 valence electrons. The van der Waals surface area contributed by atoms with Crippen LogP contribution in [0.5, 0.6) is 0 Å². The predicted octanol–water partition coefficient (Wildman–Crippen LogP) is 2.02. The summed E-state index contributed by atoms with van der Waals surface area (Å²) in [6.45, 7) is 7.72. The summed E-state index contributed by atoms with van der Waals surface area (Å²) in [5, 5.41) is 0. The Morgan fingerprint density at radius 2 is 1.75 bits per heavy atom. The standard InChI is InChI=1S/C15H27NO4/c1-5-19-14(18)12(16)10-6-8-11(9-7-10)13(17)20-15(2,3)4/h10-12H,5-9,16H2,1-4H3. The molecule has 0 heterocycles. The van der Waals surface area contributed by atoms with Crippen LogP contribution in [-0.4, -0.2) is 30.2 Å². The maximum absolute atomic E-state index is 12.0. The largest absolute Gasteiger partial charge is 0.465 e. The summed E-state index contributed by atoms with van der Waals surface area (Å²) in [5.74, 6) is -0.443. The number of hydrogen-bond donors (Lipinski definition) is 1. The van der Waals surface area contributed by atoms with Crippen LogP contribution in [0, 0.1) is 11.8 Å². The molecule has 2 N–H and O–H groups in total. The van der Waals surface area contributed by atoms with Gasteiger partial charge in [-0.15, -0.1) is 0 Å². The van der Waals surface area contributed by atoms with Crippen LogP contribution in [0.2, 0.25) is 0 Å². The lowest BCUT2D eigenvalue weighted by atomic mass is 9.78. The molecular weight excluding hydrogens is 258 g/mol. The maximum Gasteiger partial charge on any atom is 0.323 e. The van der Waals surface area contributed by atoms with Crippen LogP contribution in [0.25, 0.3) is 0 Å². The van der Waals surface area contributed by atoms with E-state index < -0.39 is 11.6 Å². The number of ether oxygens (including phenoxy) is 2. The van der Waals surface area contributed by atoms with Crippen molar-refractivity contribution in [3.63, 3.8) is 0 Å². The molecule has 0 amide bonds. The Kier molecular flexibility index (Phi) is 5.99. The van der Waals surface area contributed by atoms with Gasteiger partial charge in [0.1, 0.15) is 11.6 Å². The van der Waals surface area contributed by atoms with E-state index in [0.717, 1.165) is 25.7 Å². The molecule has 1 saturated carbocycles. The molecule has 0 aromatic carbocycles. The Morgan fingerprint density at radius 1 is 1.20 bits per heavy atom. The average molecular weight is 285 g/mol. The summed E-state index contributed by atoms with van der Waals surface area (Å²) in [6, 6.07) is -0.575. The highest BCUT2D eigenvalue weighted by atomic mass is 16.6. The first-order chi connectivity index (χ1) is 9.24. The third-order valence-electron chi connectivity index (χ3n) is 3.58. The first-order valence-electron chi connectivity index (χ1n) is 7.39. The van der Waals surface area contributed by atoms with E-state index in [1.807, 2.05) is 20.8 Å². The van der Waals surface area contributed by atoms with Crippen molar-refractivity contribution < 1.29 is 19.1 Å². The van der Waals surface area contributed by atoms with Gasteiger partial charge in [-0.25, -0.2) is 0 Å². The van der Waals surface area contributed by atoms with E-state index in [0.29, 0.717) is 6.61 Å². The number of esters is 2. The monoisotopic (exact) mass is 285 g/mol. The second-order valence-electron chi connectivity index (χ2n) is 6.42. The molecule has 0 bridgehead atoms. The first kappa shape index (κ1) is 17.0. The van der Waals surface area contributed by atoms with Crippen molar-refractivity contribution in [2.75, 3.05) is 6.61 Å². The lowest BCUT2D eigenvalue weighted by Crippen LogP contribution is -2.42. The summed E-state index contributed by atoms with van der Waals surface area (Å²) in [5.41, 5.74) is 5.46. The minimum absolute atomic E-state index is 0.0696. The van der Waals surface area contributed by atoms with Crippen molar-refractivity contribution in [2.45, 2.75) is 65.0 Å². The Morgan fingerprint density at radius 3 is 2.20 bits per heavy atom. The summed E-state index contributed by atoms with van der Waals surface area (Å²) in [7, 11) is 0. The van der Waals surface area contributed by atoms with Gasteiger partial charge in [0, 0.05) is 0 Å². The molecule has 0 saturated heterocycles. The maximum atomic E-state index is 12.0. The lowest BCUT2D eigenvalue weighted by Gasteiger charge is -2.31. The highest BCUT2D eigenvalue weighted by Gasteiger charge is 2.34. The topological polar surface area (TPSA) is 78.6 Å². The molecule has 0 aromatic heterocycles. The molecular formula is C15H27NO4. The lowest BCUT2D eigenvalue weighted by molar-refractivity contribution is -0.161. The van der Waals surface area contributed by atoms with Gasteiger partial charge in [-0.1, -0.05) is 0 Å². The van der Waals surface area contributed by atoms with Crippen molar-refractivity contribution in [3.8, 4) is 0 Å². The highest BCUT2D eigenvalue weighted by Crippen LogP contribution is 2.32. The van der Waals surface area contributed by atoms with Crippen LogP contribution >= 0.6 is 0 Å². The van der Waals surface area contributed by atoms with E-state index in [4.69, 9.17) is 15.2 Å². The zero-order valence-electron chi connectivity index (χ0n) is 13.0. The van der Waals surface area contributed by atoms with Crippen molar-refractivity contribution in [1.82, 2.24) is 0 Å². The molecule has 1 atom stereocenters.